The van der Waals surface area contributed by atoms with E-state index in [-0.39, 0.29) is 13.3 Å². The summed E-state index contributed by atoms with van der Waals surface area (Å²) in [7, 11) is 0. The average Bonchev–Trinajstić information content (AvgIpc) is 3.09. The molecule has 27 heavy (non-hydrogen) atoms. The smallest absolute Gasteiger partial charge is 0.328 e. The fourth-order valence-electron chi connectivity index (χ4n) is 2.38. The van der Waals surface area contributed by atoms with Gasteiger partial charge in [0, 0.05) is 18.8 Å². The van der Waals surface area contributed by atoms with Crippen molar-refractivity contribution in [3.63, 3.8) is 0 Å². The third kappa shape index (κ3) is 4.54. The Balaban J connectivity index is 1.50. The first-order chi connectivity index (χ1) is 12.9. The van der Waals surface area contributed by atoms with Crippen molar-refractivity contribution in [1.82, 2.24) is 14.9 Å². The van der Waals surface area contributed by atoms with Crippen molar-refractivity contribution >= 4 is 11.9 Å². The Morgan fingerprint density at radius 2 is 2.04 bits per heavy atom. The lowest BCUT2D eigenvalue weighted by molar-refractivity contribution is -0.155. The van der Waals surface area contributed by atoms with Crippen LogP contribution in [0.2, 0.25) is 0 Å². The first kappa shape index (κ1) is 18.2. The third-order valence-electron chi connectivity index (χ3n) is 3.78. The van der Waals surface area contributed by atoms with Gasteiger partial charge in [0.2, 0.25) is 6.79 Å². The highest BCUT2D eigenvalue weighted by atomic mass is 16.7. The molecule has 3 rings (SSSR count). The molecule has 1 amide bonds. The molecule has 0 unspecified atom stereocenters. The maximum Gasteiger partial charge on any atom is 0.328 e. The SMILES string of the molecule is C[C@@H](OC(=O)Cn1ccc(=O)[nH]c1=O)C(=O)NCc1ccc2c(c1)OCO2. The molecule has 0 bridgehead atoms. The normalized spacial score (nSPS) is 13.1. The van der Waals surface area contributed by atoms with E-state index in [4.69, 9.17) is 14.2 Å². The summed E-state index contributed by atoms with van der Waals surface area (Å²) in [5.74, 6) is -0.0258. The number of carbonyl (C=O) groups excluding carboxylic acids is 2. The average molecular weight is 375 g/mol. The number of aromatic amines is 1. The van der Waals surface area contributed by atoms with Crippen LogP contribution in [0.4, 0.5) is 0 Å². The number of nitrogens with zero attached hydrogens (tertiary/aromatic N) is 1. The molecule has 2 N–H and O–H groups in total. The molecule has 2 heterocycles. The number of H-pyrrole nitrogens is 1. The molecular weight excluding hydrogens is 358 g/mol. The van der Waals surface area contributed by atoms with Crippen molar-refractivity contribution in [1.29, 1.82) is 0 Å². The van der Waals surface area contributed by atoms with Crippen molar-refractivity contribution in [2.45, 2.75) is 26.1 Å². The van der Waals surface area contributed by atoms with Crippen molar-refractivity contribution in [2.75, 3.05) is 6.79 Å². The third-order valence-corrected chi connectivity index (χ3v) is 3.78. The topological polar surface area (TPSA) is 129 Å². The summed E-state index contributed by atoms with van der Waals surface area (Å²) in [6, 6.07) is 6.39. The van der Waals surface area contributed by atoms with Gasteiger partial charge in [0.05, 0.1) is 0 Å². The first-order valence-corrected chi connectivity index (χ1v) is 8.08. The molecule has 142 valence electrons. The molecule has 1 aliphatic heterocycles. The van der Waals surface area contributed by atoms with Crippen LogP contribution in [0, 0.1) is 0 Å². The molecule has 10 heteroatoms. The number of benzene rings is 1. The molecule has 10 nitrogen and oxygen atoms in total. The Morgan fingerprint density at radius 3 is 2.81 bits per heavy atom. The van der Waals surface area contributed by atoms with Crippen LogP contribution >= 0.6 is 0 Å². The molecule has 1 aromatic heterocycles. The molecule has 1 atom stereocenters. The lowest BCUT2D eigenvalue weighted by Gasteiger charge is -2.14. The van der Waals surface area contributed by atoms with Gasteiger partial charge in [-0.05, 0) is 24.6 Å². The summed E-state index contributed by atoms with van der Waals surface area (Å²) in [5.41, 5.74) is -0.508. The monoisotopic (exact) mass is 375 g/mol. The summed E-state index contributed by atoms with van der Waals surface area (Å²) >= 11 is 0. The summed E-state index contributed by atoms with van der Waals surface area (Å²) < 4.78 is 16.5. The minimum absolute atomic E-state index is 0.163. The molecule has 1 aromatic carbocycles. The van der Waals surface area contributed by atoms with Crippen molar-refractivity contribution in [3.05, 3.63) is 56.9 Å². The number of nitrogens with one attached hydrogen (secondary N) is 2. The second-order valence-corrected chi connectivity index (χ2v) is 5.78. The highest BCUT2D eigenvalue weighted by molar-refractivity contribution is 5.83. The summed E-state index contributed by atoms with van der Waals surface area (Å²) in [6.45, 7) is 1.38. The van der Waals surface area contributed by atoms with Gasteiger partial charge in [0.1, 0.15) is 6.54 Å². The molecule has 0 aliphatic carbocycles. The van der Waals surface area contributed by atoms with E-state index in [2.05, 4.69) is 5.32 Å². The maximum atomic E-state index is 12.1. The van der Waals surface area contributed by atoms with Crippen molar-refractivity contribution in [2.24, 2.45) is 0 Å². The Kier molecular flexibility index (Phi) is 5.25. The van der Waals surface area contributed by atoms with Gasteiger partial charge in [-0.25, -0.2) is 4.79 Å². The van der Waals surface area contributed by atoms with Crippen LogP contribution in [0.1, 0.15) is 12.5 Å². The highest BCUT2D eigenvalue weighted by Gasteiger charge is 2.19. The van der Waals surface area contributed by atoms with Gasteiger partial charge < -0.3 is 19.5 Å². The fraction of sp³-hybridized carbons (Fsp3) is 0.294. The van der Waals surface area contributed by atoms with Gasteiger partial charge in [-0.1, -0.05) is 6.07 Å². The van der Waals surface area contributed by atoms with Gasteiger partial charge in [-0.3, -0.25) is 23.9 Å². The number of ether oxygens (including phenoxy) is 3. The minimum Gasteiger partial charge on any atom is -0.454 e. The number of esters is 1. The number of amides is 1. The van der Waals surface area contributed by atoms with Gasteiger partial charge in [0.25, 0.3) is 11.5 Å². The number of rotatable bonds is 6. The van der Waals surface area contributed by atoms with Gasteiger partial charge in [0.15, 0.2) is 17.6 Å². The van der Waals surface area contributed by atoms with Gasteiger partial charge >= 0.3 is 11.7 Å². The van der Waals surface area contributed by atoms with E-state index >= 15 is 0 Å². The van der Waals surface area contributed by atoms with Crippen LogP contribution in [-0.2, 0) is 27.4 Å². The fourth-order valence-corrected chi connectivity index (χ4v) is 2.38. The second-order valence-electron chi connectivity index (χ2n) is 5.78. The van der Waals surface area contributed by atoms with Crippen LogP contribution in [0.25, 0.3) is 0 Å². The molecule has 0 saturated carbocycles. The van der Waals surface area contributed by atoms with Gasteiger partial charge in [-0.2, -0.15) is 0 Å². The Morgan fingerprint density at radius 1 is 1.26 bits per heavy atom. The van der Waals surface area contributed by atoms with E-state index in [0.29, 0.717) is 11.5 Å². The predicted molar refractivity (Wildman–Crippen MR) is 91.3 cm³/mol. The molecule has 1 aliphatic rings. The molecule has 0 saturated heterocycles. The zero-order valence-corrected chi connectivity index (χ0v) is 14.4. The number of hydrogen-bond acceptors (Lipinski definition) is 7. The summed E-state index contributed by atoms with van der Waals surface area (Å²) in [5, 5.41) is 2.65. The van der Waals surface area contributed by atoms with Crippen LogP contribution < -0.4 is 26.0 Å². The van der Waals surface area contributed by atoms with Crippen LogP contribution in [0.15, 0.2) is 40.1 Å². The number of carbonyl (C=O) groups is 2. The maximum absolute atomic E-state index is 12.1. The van der Waals surface area contributed by atoms with Crippen molar-refractivity contribution in [3.8, 4) is 11.5 Å². The van der Waals surface area contributed by atoms with Crippen molar-refractivity contribution < 1.29 is 23.8 Å². The van der Waals surface area contributed by atoms with E-state index in [9.17, 15) is 19.2 Å². The van der Waals surface area contributed by atoms with E-state index in [1.54, 1.807) is 18.2 Å². The molecule has 2 aromatic rings. The van der Waals surface area contributed by atoms with Crippen LogP contribution in [0.5, 0.6) is 11.5 Å². The molecule has 0 fully saturated rings. The molecule has 0 spiro atoms. The van der Waals surface area contributed by atoms with Crippen LogP contribution in [0.3, 0.4) is 0 Å². The Labute approximate surface area is 152 Å². The molecule has 0 radical (unpaired) electrons. The summed E-state index contributed by atoms with van der Waals surface area (Å²) in [6.07, 6.45) is 0.122. The van der Waals surface area contributed by atoms with E-state index in [1.807, 2.05) is 4.98 Å². The number of aromatic nitrogens is 2. The molecular formula is C17H17N3O7. The Bertz CT molecular complexity index is 979. The Hall–Kier alpha value is -3.56. The standard InChI is InChI=1S/C17H17N3O7/c1-10(27-15(22)8-20-5-4-14(21)19-17(20)24)16(23)18-7-11-2-3-12-13(6-11)26-9-25-12/h2-6,10H,7-9H2,1H3,(H,18,23)(H,19,21,24)/t10-/m1/s1. The quantitative estimate of drug-likeness (QED) is 0.652. The van der Waals surface area contributed by atoms with Crippen LogP contribution in [-0.4, -0.2) is 34.3 Å². The number of fused-ring (bicyclic) bond motifs is 1. The van der Waals surface area contributed by atoms with E-state index in [1.165, 1.54) is 13.1 Å². The zero-order valence-electron chi connectivity index (χ0n) is 14.4. The summed E-state index contributed by atoms with van der Waals surface area (Å²) in [4.78, 5) is 48.5. The lowest BCUT2D eigenvalue weighted by Crippen LogP contribution is -2.37. The largest absolute Gasteiger partial charge is 0.454 e. The predicted octanol–water partition coefficient (Wildman–Crippen LogP) is -0.487. The number of hydrogen-bond donors (Lipinski definition) is 2. The van der Waals surface area contributed by atoms with E-state index in [0.717, 1.165) is 16.2 Å². The second kappa shape index (κ2) is 7.77. The lowest BCUT2D eigenvalue weighted by atomic mass is 10.2. The first-order valence-electron chi connectivity index (χ1n) is 8.08. The minimum atomic E-state index is -1.05. The van der Waals surface area contributed by atoms with E-state index < -0.39 is 35.8 Å². The van der Waals surface area contributed by atoms with Gasteiger partial charge in [-0.15, -0.1) is 0 Å². The zero-order chi connectivity index (χ0) is 19.4. The highest BCUT2D eigenvalue weighted by Crippen LogP contribution is 2.32.